The topological polar surface area (TPSA) is 85.8 Å². The van der Waals surface area contributed by atoms with Crippen LogP contribution in [0.1, 0.15) is 51.5 Å². The van der Waals surface area contributed by atoms with E-state index in [2.05, 4.69) is 5.16 Å². The molecule has 5 rings (SSSR count). The van der Waals surface area contributed by atoms with Gasteiger partial charge in [-0.1, -0.05) is 17.3 Å². The summed E-state index contributed by atoms with van der Waals surface area (Å²) < 4.78 is 16.9. The molecule has 162 valence electrons. The van der Waals surface area contributed by atoms with Crippen molar-refractivity contribution in [1.82, 2.24) is 5.16 Å². The molecule has 1 amide bonds. The molecule has 3 heterocycles. The van der Waals surface area contributed by atoms with Crippen LogP contribution < -0.4 is 15.1 Å². The van der Waals surface area contributed by atoms with Crippen molar-refractivity contribution >= 4 is 22.7 Å². The molecule has 0 saturated heterocycles. The van der Waals surface area contributed by atoms with Crippen molar-refractivity contribution in [1.29, 1.82) is 0 Å². The number of aryl methyl sites for hydroxylation is 3. The number of rotatable bonds is 4. The molecule has 1 aliphatic rings. The average molecular weight is 430 g/mol. The Morgan fingerprint density at radius 2 is 1.84 bits per heavy atom. The lowest BCUT2D eigenvalue weighted by atomic mass is 9.97. The van der Waals surface area contributed by atoms with E-state index < -0.39 is 11.9 Å². The fourth-order valence-electron chi connectivity index (χ4n) is 4.19. The molecule has 7 heteroatoms. The molecule has 7 nitrogen and oxygen atoms in total. The van der Waals surface area contributed by atoms with Crippen LogP contribution in [-0.4, -0.2) is 17.7 Å². The molecule has 0 N–H and O–H groups in total. The van der Waals surface area contributed by atoms with Crippen LogP contribution in [0.3, 0.4) is 0 Å². The molecule has 2 aromatic carbocycles. The Labute approximate surface area is 184 Å². The first kappa shape index (κ1) is 20.1. The minimum atomic E-state index is -0.718. The summed E-state index contributed by atoms with van der Waals surface area (Å²) in [6.07, 6.45) is 0. The van der Waals surface area contributed by atoms with E-state index in [-0.39, 0.29) is 11.2 Å². The van der Waals surface area contributed by atoms with Gasteiger partial charge in [-0.05, 0) is 68.7 Å². The minimum absolute atomic E-state index is 0.0261. The highest BCUT2D eigenvalue weighted by Crippen LogP contribution is 2.41. The van der Waals surface area contributed by atoms with Crippen molar-refractivity contribution < 1.29 is 18.5 Å². The fourth-order valence-corrected chi connectivity index (χ4v) is 4.19. The van der Waals surface area contributed by atoms with Crippen LogP contribution in [0.4, 0.5) is 5.82 Å². The first-order chi connectivity index (χ1) is 15.4. The maximum atomic E-state index is 13.7. The molecule has 0 radical (unpaired) electrons. The summed E-state index contributed by atoms with van der Waals surface area (Å²) in [7, 11) is 0. The zero-order valence-electron chi connectivity index (χ0n) is 18.3. The highest BCUT2D eigenvalue weighted by atomic mass is 16.5. The highest BCUT2D eigenvalue weighted by molar-refractivity contribution is 6.10. The van der Waals surface area contributed by atoms with Crippen LogP contribution in [0.25, 0.3) is 11.0 Å². The molecule has 0 spiro atoms. The maximum absolute atomic E-state index is 13.7. The largest absolute Gasteiger partial charge is 0.494 e. The molecule has 1 aliphatic heterocycles. The van der Waals surface area contributed by atoms with Gasteiger partial charge >= 0.3 is 0 Å². The lowest BCUT2D eigenvalue weighted by molar-refractivity contribution is 0.0969. The summed E-state index contributed by atoms with van der Waals surface area (Å²) in [6, 6.07) is 11.9. The van der Waals surface area contributed by atoms with Gasteiger partial charge in [0.25, 0.3) is 5.91 Å². The van der Waals surface area contributed by atoms with Gasteiger partial charge in [0.15, 0.2) is 11.2 Å². The molecule has 4 aromatic rings. The van der Waals surface area contributed by atoms with Crippen molar-refractivity contribution in [2.75, 3.05) is 11.5 Å². The third kappa shape index (κ3) is 3.00. The quantitative estimate of drug-likeness (QED) is 0.460. The number of carbonyl (C=O) groups excluding carboxylic acids is 1. The third-order valence-corrected chi connectivity index (χ3v) is 5.83. The van der Waals surface area contributed by atoms with E-state index in [4.69, 9.17) is 13.7 Å². The summed E-state index contributed by atoms with van der Waals surface area (Å²) in [5.41, 5.74) is 3.14. The first-order valence-corrected chi connectivity index (χ1v) is 10.5. The Morgan fingerprint density at radius 3 is 2.56 bits per heavy atom. The van der Waals surface area contributed by atoms with Gasteiger partial charge in [0.1, 0.15) is 17.1 Å². The molecule has 0 bridgehead atoms. The molecule has 1 atom stereocenters. The summed E-state index contributed by atoms with van der Waals surface area (Å²) in [4.78, 5) is 28.7. The second-order valence-electron chi connectivity index (χ2n) is 7.99. The molecule has 0 saturated carbocycles. The van der Waals surface area contributed by atoms with Crippen LogP contribution >= 0.6 is 0 Å². The number of carbonyl (C=O) groups is 1. The predicted octanol–water partition coefficient (Wildman–Crippen LogP) is 4.85. The summed E-state index contributed by atoms with van der Waals surface area (Å²) in [6.45, 7) is 8.03. The van der Waals surface area contributed by atoms with Crippen LogP contribution in [-0.2, 0) is 0 Å². The molecule has 0 unspecified atom stereocenters. The number of aromatic nitrogens is 1. The van der Waals surface area contributed by atoms with E-state index in [1.807, 2.05) is 51.1 Å². The zero-order chi connectivity index (χ0) is 22.6. The fraction of sp³-hybridized carbons (Fsp3) is 0.240. The van der Waals surface area contributed by atoms with E-state index in [0.29, 0.717) is 40.5 Å². The van der Waals surface area contributed by atoms with Crippen LogP contribution in [0.15, 0.2) is 56.2 Å². The van der Waals surface area contributed by atoms with Crippen molar-refractivity contribution in [3.05, 3.63) is 86.5 Å². The SMILES string of the molecule is CCOc1cccc([C@@H]2c3c(oc4cc(C)c(C)cc4c3=O)C(=O)N2c2cc(C)on2)c1. The van der Waals surface area contributed by atoms with Crippen LogP contribution in [0.5, 0.6) is 5.75 Å². The number of fused-ring (bicyclic) bond motifs is 2. The Balaban J connectivity index is 1.80. The van der Waals surface area contributed by atoms with E-state index >= 15 is 0 Å². The molecule has 32 heavy (non-hydrogen) atoms. The standard InChI is InChI=1S/C25H22N2O5/c1-5-30-17-8-6-7-16(12-17)22-21-23(28)18-9-13(2)14(3)10-19(18)31-24(21)25(29)27(22)20-11-15(4)32-26-20/h6-12,22H,5H2,1-4H3/t22-/m1/s1. The lowest BCUT2D eigenvalue weighted by Crippen LogP contribution is -2.29. The Morgan fingerprint density at radius 1 is 1.06 bits per heavy atom. The van der Waals surface area contributed by atoms with Gasteiger partial charge in [-0.25, -0.2) is 0 Å². The Hall–Kier alpha value is -3.87. The van der Waals surface area contributed by atoms with Crippen LogP contribution in [0.2, 0.25) is 0 Å². The minimum Gasteiger partial charge on any atom is -0.494 e. The molecule has 0 fully saturated rings. The van der Waals surface area contributed by atoms with Crippen molar-refractivity contribution in [3.63, 3.8) is 0 Å². The van der Waals surface area contributed by atoms with E-state index in [9.17, 15) is 9.59 Å². The van der Waals surface area contributed by atoms with Gasteiger partial charge in [0.2, 0.25) is 5.76 Å². The molecule has 0 aliphatic carbocycles. The molecular weight excluding hydrogens is 408 g/mol. The van der Waals surface area contributed by atoms with Gasteiger partial charge in [-0.15, -0.1) is 0 Å². The predicted molar refractivity (Wildman–Crippen MR) is 119 cm³/mol. The zero-order valence-corrected chi connectivity index (χ0v) is 18.3. The number of benzene rings is 2. The van der Waals surface area contributed by atoms with E-state index in [1.54, 1.807) is 19.1 Å². The normalized spacial score (nSPS) is 15.4. The lowest BCUT2D eigenvalue weighted by Gasteiger charge is -2.22. The Bertz CT molecular complexity index is 1430. The van der Waals surface area contributed by atoms with E-state index in [0.717, 1.165) is 16.7 Å². The van der Waals surface area contributed by atoms with Gasteiger partial charge < -0.3 is 13.7 Å². The second-order valence-corrected chi connectivity index (χ2v) is 7.99. The van der Waals surface area contributed by atoms with Gasteiger partial charge in [-0.3, -0.25) is 14.5 Å². The first-order valence-electron chi connectivity index (χ1n) is 10.5. The monoisotopic (exact) mass is 430 g/mol. The number of amides is 1. The average Bonchev–Trinajstić information content (AvgIpc) is 3.31. The maximum Gasteiger partial charge on any atom is 0.296 e. The van der Waals surface area contributed by atoms with Gasteiger partial charge in [-0.2, -0.15) is 0 Å². The smallest absolute Gasteiger partial charge is 0.296 e. The Kier molecular flexibility index (Phi) is 4.62. The molecular formula is C25H22N2O5. The number of hydrogen-bond donors (Lipinski definition) is 0. The van der Waals surface area contributed by atoms with Gasteiger partial charge in [0.05, 0.1) is 23.6 Å². The number of ether oxygens (including phenoxy) is 1. The second kappa shape index (κ2) is 7.37. The van der Waals surface area contributed by atoms with Crippen molar-refractivity contribution in [3.8, 4) is 5.75 Å². The van der Waals surface area contributed by atoms with Crippen LogP contribution in [0, 0.1) is 20.8 Å². The van der Waals surface area contributed by atoms with E-state index in [1.165, 1.54) is 4.90 Å². The van der Waals surface area contributed by atoms with Gasteiger partial charge in [0, 0.05) is 6.07 Å². The summed E-state index contributed by atoms with van der Waals surface area (Å²) in [5.74, 6) is 1.12. The highest BCUT2D eigenvalue weighted by Gasteiger charge is 2.45. The number of nitrogens with zero attached hydrogens (tertiary/aromatic N) is 2. The van der Waals surface area contributed by atoms with Crippen molar-refractivity contribution in [2.45, 2.75) is 33.7 Å². The summed E-state index contributed by atoms with van der Waals surface area (Å²) >= 11 is 0. The molecule has 2 aromatic heterocycles. The number of hydrogen-bond acceptors (Lipinski definition) is 6. The third-order valence-electron chi connectivity index (χ3n) is 5.83. The van der Waals surface area contributed by atoms with Crippen molar-refractivity contribution in [2.24, 2.45) is 0 Å². The number of anilines is 1. The summed E-state index contributed by atoms with van der Waals surface area (Å²) in [5, 5.41) is 4.50.